The zero-order chi connectivity index (χ0) is 10.6. The summed E-state index contributed by atoms with van der Waals surface area (Å²) in [5.74, 6) is 0.984. The predicted octanol–water partition coefficient (Wildman–Crippen LogP) is 5.38. The smallest absolute Gasteiger partial charge is 0.0412 e. The third kappa shape index (κ3) is 8.59. The molecular weight excluding hydrogens is 168 g/mol. The monoisotopic (exact) mass is 197 g/mol. The molecule has 0 saturated heterocycles. The second-order valence-corrected chi connectivity index (χ2v) is 4.50. The molecule has 0 saturated carbocycles. The lowest BCUT2D eigenvalue weighted by Crippen LogP contribution is -2.00. The van der Waals surface area contributed by atoms with Gasteiger partial charge in [-0.1, -0.05) is 72.1 Å². The zero-order valence-corrected chi connectivity index (χ0v) is 10.5. The summed E-state index contributed by atoms with van der Waals surface area (Å²) in [5.41, 5.74) is 0. The van der Waals surface area contributed by atoms with Crippen LogP contribution >= 0.6 is 0 Å². The van der Waals surface area contributed by atoms with Crippen LogP contribution in [0.25, 0.3) is 0 Å². The molecule has 0 spiro atoms. The van der Waals surface area contributed by atoms with Gasteiger partial charge in [0, 0.05) is 0 Å². The molecule has 0 rings (SSSR count). The van der Waals surface area contributed by atoms with Crippen molar-refractivity contribution in [1.29, 1.82) is 0 Å². The molecule has 0 aromatic rings. The van der Waals surface area contributed by atoms with E-state index in [1.165, 1.54) is 57.8 Å². The summed E-state index contributed by atoms with van der Waals surface area (Å²) in [6.45, 7) is 6.78. The van der Waals surface area contributed by atoms with Gasteiger partial charge in [0.2, 0.25) is 0 Å². The SMILES string of the molecule is C[CH]CC(CCCCC)CCCCC. The number of unbranched alkanes of at least 4 members (excludes halogenated alkanes) is 4. The average molecular weight is 197 g/mol. The summed E-state index contributed by atoms with van der Waals surface area (Å²) in [6.07, 6.45) is 15.1. The van der Waals surface area contributed by atoms with Gasteiger partial charge in [-0.2, -0.15) is 0 Å². The van der Waals surface area contributed by atoms with Crippen LogP contribution in [0.5, 0.6) is 0 Å². The van der Waals surface area contributed by atoms with Crippen LogP contribution in [0.4, 0.5) is 0 Å². The average Bonchev–Trinajstić information content (AvgIpc) is 2.18. The first-order chi connectivity index (χ1) is 6.85. The molecule has 0 N–H and O–H groups in total. The number of rotatable bonds is 10. The van der Waals surface area contributed by atoms with E-state index in [4.69, 9.17) is 0 Å². The lowest BCUT2D eigenvalue weighted by Gasteiger charge is -2.15. The quantitative estimate of drug-likeness (QED) is 0.413. The molecule has 0 bridgehead atoms. The zero-order valence-electron chi connectivity index (χ0n) is 10.5. The Morgan fingerprint density at radius 1 is 0.857 bits per heavy atom. The van der Waals surface area contributed by atoms with Gasteiger partial charge in [-0.25, -0.2) is 0 Å². The van der Waals surface area contributed by atoms with Crippen LogP contribution in [0.2, 0.25) is 0 Å². The standard InChI is InChI=1S/C14H29/c1-4-7-9-12-14(11-6-3)13-10-8-5-2/h6,14H,4-5,7-13H2,1-3H3. The molecule has 14 heavy (non-hydrogen) atoms. The van der Waals surface area contributed by atoms with Crippen molar-refractivity contribution in [3.63, 3.8) is 0 Å². The highest BCUT2D eigenvalue weighted by molar-refractivity contribution is 4.67. The first kappa shape index (κ1) is 14.0. The molecule has 0 aromatic heterocycles. The molecule has 0 atom stereocenters. The first-order valence-electron chi connectivity index (χ1n) is 6.62. The van der Waals surface area contributed by atoms with Crippen molar-refractivity contribution in [2.75, 3.05) is 0 Å². The molecule has 0 amide bonds. The molecule has 0 aromatic carbocycles. The Kier molecular flexibility index (Phi) is 11.1. The highest BCUT2D eigenvalue weighted by atomic mass is 14.1. The van der Waals surface area contributed by atoms with E-state index < -0.39 is 0 Å². The maximum absolute atomic E-state index is 2.35. The van der Waals surface area contributed by atoms with Gasteiger partial charge in [0.1, 0.15) is 0 Å². The van der Waals surface area contributed by atoms with Crippen molar-refractivity contribution in [2.45, 2.75) is 78.6 Å². The van der Waals surface area contributed by atoms with Crippen LogP contribution in [0.3, 0.4) is 0 Å². The Labute approximate surface area is 91.5 Å². The van der Waals surface area contributed by atoms with Crippen LogP contribution in [-0.2, 0) is 0 Å². The van der Waals surface area contributed by atoms with Gasteiger partial charge in [0.15, 0.2) is 0 Å². The Morgan fingerprint density at radius 3 is 1.71 bits per heavy atom. The van der Waals surface area contributed by atoms with Crippen LogP contribution in [0.15, 0.2) is 0 Å². The van der Waals surface area contributed by atoms with E-state index in [-0.39, 0.29) is 0 Å². The maximum atomic E-state index is 2.35. The van der Waals surface area contributed by atoms with Gasteiger partial charge in [-0.3, -0.25) is 0 Å². The molecule has 0 heterocycles. The summed E-state index contributed by atoms with van der Waals surface area (Å²) in [4.78, 5) is 0. The molecule has 85 valence electrons. The Balaban J connectivity index is 3.44. The van der Waals surface area contributed by atoms with Gasteiger partial charge in [0.25, 0.3) is 0 Å². The molecule has 0 unspecified atom stereocenters. The van der Waals surface area contributed by atoms with Crippen molar-refractivity contribution < 1.29 is 0 Å². The van der Waals surface area contributed by atoms with Crippen molar-refractivity contribution in [1.82, 2.24) is 0 Å². The van der Waals surface area contributed by atoms with Crippen molar-refractivity contribution in [3.05, 3.63) is 6.42 Å². The molecule has 0 fully saturated rings. The molecule has 0 aliphatic carbocycles. The number of hydrogen-bond acceptors (Lipinski definition) is 0. The Morgan fingerprint density at radius 2 is 1.36 bits per heavy atom. The third-order valence-electron chi connectivity index (χ3n) is 3.00. The third-order valence-corrected chi connectivity index (χ3v) is 3.00. The van der Waals surface area contributed by atoms with Crippen molar-refractivity contribution in [2.24, 2.45) is 5.92 Å². The highest BCUT2D eigenvalue weighted by Gasteiger charge is 2.06. The largest absolute Gasteiger partial charge is 0.0654 e. The Hall–Kier alpha value is 0. The van der Waals surface area contributed by atoms with Gasteiger partial charge >= 0.3 is 0 Å². The van der Waals surface area contributed by atoms with Crippen molar-refractivity contribution >= 4 is 0 Å². The fraction of sp³-hybridized carbons (Fsp3) is 0.929. The topological polar surface area (TPSA) is 0 Å². The minimum Gasteiger partial charge on any atom is -0.0654 e. The summed E-state index contributed by atoms with van der Waals surface area (Å²) in [7, 11) is 0. The van der Waals surface area contributed by atoms with Crippen LogP contribution in [0.1, 0.15) is 78.6 Å². The fourth-order valence-electron chi connectivity index (χ4n) is 2.08. The van der Waals surface area contributed by atoms with E-state index in [2.05, 4.69) is 27.2 Å². The summed E-state index contributed by atoms with van der Waals surface area (Å²) >= 11 is 0. The molecule has 0 heteroatoms. The molecule has 0 aliphatic rings. The van der Waals surface area contributed by atoms with Crippen molar-refractivity contribution in [3.8, 4) is 0 Å². The van der Waals surface area contributed by atoms with Crippen LogP contribution in [-0.4, -0.2) is 0 Å². The number of hydrogen-bond donors (Lipinski definition) is 0. The molecular formula is C14H29. The lowest BCUT2D eigenvalue weighted by molar-refractivity contribution is 0.405. The van der Waals surface area contributed by atoms with Crippen LogP contribution < -0.4 is 0 Å². The second-order valence-electron chi connectivity index (χ2n) is 4.50. The first-order valence-corrected chi connectivity index (χ1v) is 6.62. The van der Waals surface area contributed by atoms with Gasteiger partial charge in [0.05, 0.1) is 0 Å². The second kappa shape index (κ2) is 11.1. The van der Waals surface area contributed by atoms with Crippen LogP contribution in [0, 0.1) is 12.3 Å². The highest BCUT2D eigenvalue weighted by Crippen LogP contribution is 2.21. The minimum absolute atomic E-state index is 0.984. The summed E-state index contributed by atoms with van der Waals surface area (Å²) < 4.78 is 0. The van der Waals surface area contributed by atoms with E-state index >= 15 is 0 Å². The van der Waals surface area contributed by atoms with E-state index in [0.29, 0.717) is 0 Å². The van der Waals surface area contributed by atoms with E-state index in [0.717, 1.165) is 5.92 Å². The van der Waals surface area contributed by atoms with Gasteiger partial charge in [-0.15, -0.1) is 0 Å². The van der Waals surface area contributed by atoms with Gasteiger partial charge in [-0.05, 0) is 18.8 Å². The molecule has 0 aliphatic heterocycles. The minimum atomic E-state index is 0.984. The maximum Gasteiger partial charge on any atom is -0.0412 e. The predicted molar refractivity (Wildman–Crippen MR) is 66.4 cm³/mol. The van der Waals surface area contributed by atoms with Gasteiger partial charge < -0.3 is 0 Å². The summed E-state index contributed by atoms with van der Waals surface area (Å²) in [5, 5.41) is 0. The normalized spacial score (nSPS) is 11.1. The summed E-state index contributed by atoms with van der Waals surface area (Å²) in [6, 6.07) is 0. The fourth-order valence-corrected chi connectivity index (χ4v) is 2.08. The Bertz CT molecular complexity index is 86.2. The van der Waals surface area contributed by atoms with E-state index in [1.54, 1.807) is 0 Å². The lowest BCUT2D eigenvalue weighted by atomic mass is 9.91. The molecule has 1 radical (unpaired) electrons. The van der Waals surface area contributed by atoms with E-state index in [9.17, 15) is 0 Å². The van der Waals surface area contributed by atoms with E-state index in [1.807, 2.05) is 0 Å². The molecule has 0 nitrogen and oxygen atoms in total.